The maximum absolute atomic E-state index is 13.1. The van der Waals surface area contributed by atoms with Crippen LogP contribution >= 0.6 is 27.3 Å². The van der Waals surface area contributed by atoms with Gasteiger partial charge >= 0.3 is 0 Å². The van der Waals surface area contributed by atoms with Crippen LogP contribution in [0.25, 0.3) is 10.1 Å². The Morgan fingerprint density at radius 2 is 2.17 bits per heavy atom. The molecule has 0 unspecified atom stereocenters. The van der Waals surface area contributed by atoms with Crippen molar-refractivity contribution in [2.24, 2.45) is 0 Å². The highest BCUT2D eigenvalue weighted by atomic mass is 79.9. The van der Waals surface area contributed by atoms with Gasteiger partial charge in [0.2, 0.25) is 0 Å². The maximum atomic E-state index is 13.1. The summed E-state index contributed by atoms with van der Waals surface area (Å²) in [7, 11) is 0. The van der Waals surface area contributed by atoms with Gasteiger partial charge in [-0.05, 0) is 28.1 Å². The number of thiophene rings is 1. The van der Waals surface area contributed by atoms with Crippen molar-refractivity contribution in [1.29, 1.82) is 0 Å². The van der Waals surface area contributed by atoms with Crippen molar-refractivity contribution in [2.75, 3.05) is 0 Å². The van der Waals surface area contributed by atoms with Crippen LogP contribution in [0.4, 0.5) is 4.39 Å². The molecule has 1 aromatic heterocycles. The fraction of sp³-hybridized carbons (Fsp3) is 0. The third-order valence-corrected chi connectivity index (χ3v) is 3.33. The summed E-state index contributed by atoms with van der Waals surface area (Å²) in [6.45, 7) is 0. The molecule has 62 valence electrons. The van der Waals surface area contributed by atoms with Gasteiger partial charge < -0.3 is 5.11 Å². The van der Waals surface area contributed by atoms with Crippen LogP contribution in [0.5, 0.6) is 5.75 Å². The van der Waals surface area contributed by atoms with Gasteiger partial charge in [0.25, 0.3) is 0 Å². The molecule has 0 radical (unpaired) electrons. The first-order valence-electron chi connectivity index (χ1n) is 3.24. The third-order valence-electron chi connectivity index (χ3n) is 1.61. The van der Waals surface area contributed by atoms with Gasteiger partial charge in [-0.25, -0.2) is 4.39 Å². The van der Waals surface area contributed by atoms with Crippen LogP contribution in [0.3, 0.4) is 0 Å². The van der Waals surface area contributed by atoms with Crippen molar-refractivity contribution >= 4 is 37.4 Å². The number of hydrogen-bond acceptors (Lipinski definition) is 2. The van der Waals surface area contributed by atoms with E-state index < -0.39 is 0 Å². The Hall–Kier alpha value is -0.610. The topological polar surface area (TPSA) is 20.2 Å². The fourth-order valence-electron chi connectivity index (χ4n) is 1.04. The monoisotopic (exact) mass is 246 g/mol. The van der Waals surface area contributed by atoms with Gasteiger partial charge in [0, 0.05) is 15.5 Å². The lowest BCUT2D eigenvalue weighted by molar-refractivity contribution is 0.472. The summed E-state index contributed by atoms with van der Waals surface area (Å²) in [6.07, 6.45) is 0. The van der Waals surface area contributed by atoms with Crippen molar-refractivity contribution in [3.63, 3.8) is 0 Å². The Morgan fingerprint density at radius 3 is 2.92 bits per heavy atom. The second-order valence-electron chi connectivity index (χ2n) is 2.36. The highest BCUT2D eigenvalue weighted by Crippen LogP contribution is 2.36. The second kappa shape index (κ2) is 2.71. The lowest BCUT2D eigenvalue weighted by Crippen LogP contribution is -1.73. The number of hydrogen-bond donors (Lipinski definition) is 1. The van der Waals surface area contributed by atoms with Gasteiger partial charge in [-0.2, -0.15) is 0 Å². The quantitative estimate of drug-likeness (QED) is 0.755. The summed E-state index contributed by atoms with van der Waals surface area (Å²) < 4.78 is 14.3. The van der Waals surface area contributed by atoms with E-state index in [0.717, 1.165) is 4.70 Å². The van der Waals surface area contributed by atoms with Gasteiger partial charge in [0.15, 0.2) is 0 Å². The highest BCUT2D eigenvalue weighted by Gasteiger charge is 2.09. The molecular formula is C8H4BrFOS. The predicted molar refractivity (Wildman–Crippen MR) is 51.1 cm³/mol. The van der Waals surface area contributed by atoms with E-state index in [1.165, 1.54) is 16.7 Å². The average Bonchev–Trinajstić information content (AvgIpc) is 2.41. The molecule has 0 saturated heterocycles. The minimum absolute atomic E-state index is 0.0693. The zero-order chi connectivity index (χ0) is 8.72. The summed E-state index contributed by atoms with van der Waals surface area (Å²) in [5.74, 6) is -0.224. The van der Waals surface area contributed by atoms with Crippen LogP contribution < -0.4 is 0 Å². The number of fused-ring (bicyclic) bond motifs is 1. The summed E-state index contributed by atoms with van der Waals surface area (Å²) in [5.41, 5.74) is 0. The molecule has 2 aromatic rings. The lowest BCUT2D eigenvalue weighted by atomic mass is 10.2. The standard InChI is InChI=1S/C8H4BrFOS/c9-8-5(11)1-2-6-7(8)4(10)3-12-6/h1-3,11H. The van der Waals surface area contributed by atoms with E-state index in [1.54, 1.807) is 12.1 Å². The Morgan fingerprint density at radius 1 is 1.42 bits per heavy atom. The summed E-state index contributed by atoms with van der Waals surface area (Å²) in [6, 6.07) is 3.24. The van der Waals surface area contributed by atoms with Crippen molar-refractivity contribution in [2.45, 2.75) is 0 Å². The van der Waals surface area contributed by atoms with Crippen LogP contribution in [-0.2, 0) is 0 Å². The molecule has 0 atom stereocenters. The molecule has 0 aliphatic rings. The van der Waals surface area contributed by atoms with Gasteiger partial charge in [0.05, 0.1) is 4.47 Å². The van der Waals surface area contributed by atoms with E-state index in [-0.39, 0.29) is 11.6 Å². The molecule has 0 fully saturated rings. The molecule has 0 saturated carbocycles. The van der Waals surface area contributed by atoms with Gasteiger partial charge in [-0.15, -0.1) is 11.3 Å². The Labute approximate surface area is 80.6 Å². The summed E-state index contributed by atoms with van der Waals surface area (Å²) in [4.78, 5) is 0. The molecule has 1 aromatic carbocycles. The Bertz CT molecular complexity index is 438. The molecule has 2 rings (SSSR count). The molecule has 0 spiro atoms. The van der Waals surface area contributed by atoms with Crippen LogP contribution in [0.15, 0.2) is 22.0 Å². The van der Waals surface area contributed by atoms with Crippen molar-refractivity contribution in [3.8, 4) is 5.75 Å². The SMILES string of the molecule is Oc1ccc2scc(F)c2c1Br. The number of benzene rings is 1. The zero-order valence-corrected chi connectivity index (χ0v) is 8.25. The molecule has 0 bridgehead atoms. The molecule has 0 aliphatic carbocycles. The van der Waals surface area contributed by atoms with E-state index in [0.29, 0.717) is 9.86 Å². The second-order valence-corrected chi connectivity index (χ2v) is 4.06. The Kier molecular flexibility index (Phi) is 1.81. The fourth-order valence-corrected chi connectivity index (χ4v) is 2.52. The number of phenols is 1. The lowest BCUT2D eigenvalue weighted by Gasteiger charge is -1.97. The number of aromatic hydroxyl groups is 1. The van der Waals surface area contributed by atoms with E-state index in [9.17, 15) is 9.50 Å². The van der Waals surface area contributed by atoms with Crippen LogP contribution in [-0.4, -0.2) is 5.11 Å². The van der Waals surface area contributed by atoms with Gasteiger partial charge in [-0.1, -0.05) is 0 Å². The minimum atomic E-state index is -0.294. The smallest absolute Gasteiger partial charge is 0.143 e. The molecule has 0 aliphatic heterocycles. The minimum Gasteiger partial charge on any atom is -0.507 e. The van der Waals surface area contributed by atoms with Gasteiger partial charge in [-0.3, -0.25) is 0 Å². The molecular weight excluding hydrogens is 243 g/mol. The van der Waals surface area contributed by atoms with E-state index >= 15 is 0 Å². The van der Waals surface area contributed by atoms with Crippen LogP contribution in [0.1, 0.15) is 0 Å². The van der Waals surface area contributed by atoms with E-state index in [4.69, 9.17) is 0 Å². The first kappa shape index (κ1) is 8.01. The summed E-state index contributed by atoms with van der Waals surface area (Å²) >= 11 is 4.45. The van der Waals surface area contributed by atoms with Gasteiger partial charge in [0.1, 0.15) is 11.6 Å². The Balaban J connectivity index is 2.96. The maximum Gasteiger partial charge on any atom is 0.143 e. The first-order chi connectivity index (χ1) is 5.70. The zero-order valence-electron chi connectivity index (χ0n) is 5.84. The molecule has 0 amide bonds. The molecule has 1 N–H and O–H groups in total. The van der Waals surface area contributed by atoms with Crippen molar-refractivity contribution < 1.29 is 9.50 Å². The van der Waals surface area contributed by atoms with E-state index in [1.807, 2.05) is 0 Å². The van der Waals surface area contributed by atoms with Crippen molar-refractivity contribution in [1.82, 2.24) is 0 Å². The predicted octanol–water partition coefficient (Wildman–Crippen LogP) is 3.51. The molecule has 4 heteroatoms. The number of halogens is 2. The average molecular weight is 247 g/mol. The van der Waals surface area contributed by atoms with Crippen molar-refractivity contribution in [3.05, 3.63) is 27.8 Å². The molecule has 1 heterocycles. The third kappa shape index (κ3) is 1.03. The largest absolute Gasteiger partial charge is 0.507 e. The molecule has 12 heavy (non-hydrogen) atoms. The van der Waals surface area contributed by atoms with Crippen LogP contribution in [0, 0.1) is 5.82 Å². The highest BCUT2D eigenvalue weighted by molar-refractivity contribution is 9.10. The molecule has 1 nitrogen and oxygen atoms in total. The van der Waals surface area contributed by atoms with E-state index in [2.05, 4.69) is 15.9 Å². The number of rotatable bonds is 0. The normalized spacial score (nSPS) is 10.8. The van der Waals surface area contributed by atoms with Crippen LogP contribution in [0.2, 0.25) is 0 Å². The first-order valence-corrected chi connectivity index (χ1v) is 4.91. The summed E-state index contributed by atoms with van der Waals surface area (Å²) in [5, 5.41) is 11.1. The number of phenolic OH excluding ortho intramolecular Hbond substituents is 1.